The molecule has 0 saturated heterocycles. The first kappa shape index (κ1) is 12.5. The highest BCUT2D eigenvalue weighted by atomic mass is 32.1. The van der Waals surface area contributed by atoms with Crippen LogP contribution in [0.25, 0.3) is 0 Å². The van der Waals surface area contributed by atoms with Gasteiger partial charge >= 0.3 is 0 Å². The number of hydrazone groups is 1. The van der Waals surface area contributed by atoms with Crippen LogP contribution in [0.2, 0.25) is 0 Å². The molecule has 0 bridgehead atoms. The third-order valence-electron chi connectivity index (χ3n) is 3.03. The van der Waals surface area contributed by atoms with Gasteiger partial charge in [-0.1, -0.05) is 12.2 Å². The van der Waals surface area contributed by atoms with Crippen LogP contribution >= 0.6 is 23.6 Å². The largest absolute Gasteiger partial charge is 0.337 e. The predicted molar refractivity (Wildman–Crippen MR) is 81.8 cm³/mol. The molecule has 0 spiro atoms. The topological polar surface area (TPSA) is 42.2 Å². The molecule has 19 heavy (non-hydrogen) atoms. The number of hydrogen-bond acceptors (Lipinski definition) is 4. The molecule has 0 saturated carbocycles. The Balaban J connectivity index is 1.64. The van der Waals surface area contributed by atoms with Gasteiger partial charge in [0.1, 0.15) is 0 Å². The number of nitrogens with one attached hydrogen (secondary N) is 1. The Labute approximate surface area is 121 Å². The highest BCUT2D eigenvalue weighted by Crippen LogP contribution is 2.21. The van der Waals surface area contributed by atoms with Crippen LogP contribution in [0.5, 0.6) is 0 Å². The maximum atomic E-state index is 5.08. The molecule has 4 nitrogen and oxygen atoms in total. The fourth-order valence-electron chi connectivity index (χ4n) is 1.98. The van der Waals surface area contributed by atoms with Gasteiger partial charge in [0.05, 0.1) is 21.9 Å². The molecule has 0 atom stereocenters. The lowest BCUT2D eigenvalue weighted by atomic mass is 10.1. The molecule has 3 heterocycles. The summed E-state index contributed by atoms with van der Waals surface area (Å²) in [4.78, 5) is 7.50. The van der Waals surface area contributed by atoms with Crippen LogP contribution in [-0.2, 0) is 13.0 Å². The van der Waals surface area contributed by atoms with E-state index in [1.807, 2.05) is 30.1 Å². The first-order valence-electron chi connectivity index (χ1n) is 6.21. The van der Waals surface area contributed by atoms with E-state index >= 15 is 0 Å². The number of nitrogens with zero attached hydrogens (tertiary/aromatic N) is 3. The van der Waals surface area contributed by atoms with Crippen molar-refractivity contribution < 1.29 is 0 Å². The van der Waals surface area contributed by atoms with Gasteiger partial charge in [0, 0.05) is 30.2 Å². The molecule has 1 aliphatic heterocycles. The molecule has 0 aromatic carbocycles. The third kappa shape index (κ3) is 3.08. The summed E-state index contributed by atoms with van der Waals surface area (Å²) in [7, 11) is 0. The number of thiophene rings is 1. The Bertz CT molecular complexity index is 598. The summed E-state index contributed by atoms with van der Waals surface area (Å²) in [5.41, 5.74) is 4.03. The smallest absolute Gasteiger partial charge is 0.0965 e. The summed E-state index contributed by atoms with van der Waals surface area (Å²) >= 11 is 6.89. The molecule has 0 radical (unpaired) electrons. The predicted octanol–water partition coefficient (Wildman–Crippen LogP) is 2.60. The summed E-state index contributed by atoms with van der Waals surface area (Å²) < 4.78 is 2.09. The van der Waals surface area contributed by atoms with Crippen LogP contribution in [-0.4, -0.2) is 20.3 Å². The SMILES string of the molecule is S=C1CCC(c2ccc(CCn3ccnc3)s2)=NN1. The van der Waals surface area contributed by atoms with Crippen LogP contribution in [0, 0.1) is 0 Å². The molecule has 1 aliphatic rings. The zero-order valence-corrected chi connectivity index (χ0v) is 12.0. The molecule has 0 unspecified atom stereocenters. The average molecular weight is 290 g/mol. The zero-order valence-electron chi connectivity index (χ0n) is 10.4. The lowest BCUT2D eigenvalue weighted by molar-refractivity contribution is 0.701. The zero-order chi connectivity index (χ0) is 13.1. The molecule has 0 aliphatic carbocycles. The van der Waals surface area contributed by atoms with Crippen molar-refractivity contribution >= 4 is 34.3 Å². The quantitative estimate of drug-likeness (QED) is 0.880. The lowest BCUT2D eigenvalue weighted by Crippen LogP contribution is -2.23. The summed E-state index contributed by atoms with van der Waals surface area (Å²) in [6.45, 7) is 0.967. The summed E-state index contributed by atoms with van der Waals surface area (Å²) in [5, 5.41) is 4.32. The maximum absolute atomic E-state index is 5.08. The highest BCUT2D eigenvalue weighted by molar-refractivity contribution is 7.80. The first-order valence-corrected chi connectivity index (χ1v) is 7.44. The van der Waals surface area contributed by atoms with Crippen LogP contribution in [0.3, 0.4) is 0 Å². The molecule has 0 amide bonds. The van der Waals surface area contributed by atoms with Gasteiger partial charge in [0.15, 0.2) is 0 Å². The fraction of sp³-hybridized carbons (Fsp3) is 0.308. The molecule has 98 valence electrons. The van der Waals surface area contributed by atoms with Crippen molar-refractivity contribution in [2.45, 2.75) is 25.8 Å². The van der Waals surface area contributed by atoms with E-state index in [2.05, 4.69) is 32.2 Å². The molecule has 3 rings (SSSR count). The molecule has 1 N–H and O–H groups in total. The highest BCUT2D eigenvalue weighted by Gasteiger charge is 2.13. The summed E-state index contributed by atoms with van der Waals surface area (Å²) in [6.07, 6.45) is 8.52. The van der Waals surface area contributed by atoms with Crippen LogP contribution < -0.4 is 5.43 Å². The fourth-order valence-corrected chi connectivity index (χ4v) is 3.14. The van der Waals surface area contributed by atoms with E-state index in [1.165, 1.54) is 9.75 Å². The van der Waals surface area contributed by atoms with Gasteiger partial charge < -0.3 is 4.57 Å². The number of aromatic nitrogens is 2. The van der Waals surface area contributed by atoms with Crippen molar-refractivity contribution in [3.8, 4) is 0 Å². The van der Waals surface area contributed by atoms with Gasteiger partial charge in [-0.2, -0.15) is 5.10 Å². The van der Waals surface area contributed by atoms with Gasteiger partial charge in [-0.3, -0.25) is 5.43 Å². The standard InChI is InChI=1S/C13H14N4S2/c18-13-4-2-11(15-16-13)12-3-1-10(19-12)5-7-17-8-6-14-9-17/h1,3,6,8-9H,2,4-5,7H2,(H,16,18). The first-order chi connectivity index (χ1) is 9.31. The van der Waals surface area contributed by atoms with E-state index in [9.17, 15) is 0 Å². The Morgan fingerprint density at radius 1 is 1.37 bits per heavy atom. The van der Waals surface area contributed by atoms with Gasteiger partial charge in [-0.15, -0.1) is 11.3 Å². The Kier molecular flexibility index (Phi) is 3.70. The summed E-state index contributed by atoms with van der Waals surface area (Å²) in [6, 6.07) is 4.34. The Morgan fingerprint density at radius 3 is 3.05 bits per heavy atom. The van der Waals surface area contributed by atoms with Gasteiger partial charge in [-0.25, -0.2) is 4.98 Å². The van der Waals surface area contributed by atoms with Crippen molar-refractivity contribution in [2.75, 3.05) is 0 Å². The van der Waals surface area contributed by atoms with Crippen molar-refractivity contribution in [1.82, 2.24) is 15.0 Å². The molecule has 2 aromatic heterocycles. The van der Waals surface area contributed by atoms with Crippen LogP contribution in [0.15, 0.2) is 36.0 Å². The average Bonchev–Trinajstić information content (AvgIpc) is 3.09. The van der Waals surface area contributed by atoms with Gasteiger partial charge in [-0.05, 0) is 25.0 Å². The van der Waals surface area contributed by atoms with E-state index in [1.54, 1.807) is 0 Å². The van der Waals surface area contributed by atoms with Crippen LogP contribution in [0.4, 0.5) is 0 Å². The van der Waals surface area contributed by atoms with Crippen molar-refractivity contribution in [2.24, 2.45) is 5.10 Å². The molecule has 6 heteroatoms. The monoisotopic (exact) mass is 290 g/mol. The van der Waals surface area contributed by atoms with E-state index in [0.29, 0.717) is 0 Å². The van der Waals surface area contributed by atoms with Gasteiger partial charge in [0.2, 0.25) is 0 Å². The lowest BCUT2D eigenvalue weighted by Gasteiger charge is -2.12. The van der Waals surface area contributed by atoms with Gasteiger partial charge in [0.25, 0.3) is 0 Å². The number of rotatable bonds is 4. The van der Waals surface area contributed by atoms with E-state index in [4.69, 9.17) is 12.2 Å². The van der Waals surface area contributed by atoms with E-state index < -0.39 is 0 Å². The Hall–Kier alpha value is -1.53. The normalized spacial score (nSPS) is 15.2. The van der Waals surface area contributed by atoms with Crippen LogP contribution in [0.1, 0.15) is 22.6 Å². The van der Waals surface area contributed by atoms with Crippen molar-refractivity contribution in [3.63, 3.8) is 0 Å². The number of hydrogen-bond donors (Lipinski definition) is 1. The molecular weight excluding hydrogens is 276 g/mol. The number of aryl methyl sites for hydroxylation is 2. The minimum absolute atomic E-state index is 0.834. The van der Waals surface area contributed by atoms with Crippen molar-refractivity contribution in [1.29, 1.82) is 0 Å². The number of imidazole rings is 1. The maximum Gasteiger partial charge on any atom is 0.0965 e. The van der Waals surface area contributed by atoms with E-state index in [0.717, 1.165) is 36.5 Å². The van der Waals surface area contributed by atoms with Crippen molar-refractivity contribution in [3.05, 3.63) is 40.6 Å². The molecule has 0 fully saturated rings. The Morgan fingerprint density at radius 2 is 2.32 bits per heavy atom. The van der Waals surface area contributed by atoms with E-state index in [-0.39, 0.29) is 0 Å². The minimum Gasteiger partial charge on any atom is -0.337 e. The second-order valence-corrected chi connectivity index (χ2v) is 6.07. The molecular formula is C13H14N4S2. The summed E-state index contributed by atoms with van der Waals surface area (Å²) in [5.74, 6) is 0. The molecule has 2 aromatic rings. The third-order valence-corrected chi connectivity index (χ3v) is 4.52. The number of thiocarbonyl (C=S) groups is 1. The second-order valence-electron chi connectivity index (χ2n) is 4.41. The minimum atomic E-state index is 0.834. The second kappa shape index (κ2) is 5.63.